The average Bonchev–Trinajstić information content (AvgIpc) is 3.05. The zero-order chi connectivity index (χ0) is 13.2. The van der Waals surface area contributed by atoms with Crippen LogP contribution in [-0.4, -0.2) is 10.0 Å². The van der Waals surface area contributed by atoms with Crippen LogP contribution in [0.2, 0.25) is 0 Å². The fourth-order valence-corrected chi connectivity index (χ4v) is 7.19. The maximum atomic E-state index is 8.71. The summed E-state index contributed by atoms with van der Waals surface area (Å²) in [6.07, 6.45) is 8.82. The summed E-state index contributed by atoms with van der Waals surface area (Å²) < 4.78 is 4.40. The van der Waals surface area contributed by atoms with E-state index in [1.807, 2.05) is 0 Å². The van der Waals surface area contributed by atoms with Gasteiger partial charge in [-0.1, -0.05) is 0 Å². The third kappa shape index (κ3) is 1.91. The van der Waals surface area contributed by atoms with Gasteiger partial charge in [-0.2, -0.15) is 4.33 Å². The Morgan fingerprint density at radius 1 is 1.05 bits per heavy atom. The molecule has 7 atom stereocenters. The SMILES string of the molecule is CC(C)(CC1CC2CC1C1C3CCC(C3)C21)SOO. The van der Waals surface area contributed by atoms with E-state index in [4.69, 9.17) is 5.26 Å². The van der Waals surface area contributed by atoms with Crippen molar-refractivity contribution in [1.29, 1.82) is 0 Å². The first kappa shape index (κ1) is 13.0. The number of fused-ring (bicyclic) bond motifs is 9. The molecule has 2 nitrogen and oxygen atoms in total. The Hall–Kier alpha value is 0.270. The van der Waals surface area contributed by atoms with Gasteiger partial charge in [-0.3, -0.25) is 0 Å². The summed E-state index contributed by atoms with van der Waals surface area (Å²) in [5, 5.41) is 8.71. The van der Waals surface area contributed by atoms with Gasteiger partial charge in [-0.15, -0.1) is 0 Å². The Bertz CT molecular complexity index is 370. The molecule has 19 heavy (non-hydrogen) atoms. The summed E-state index contributed by atoms with van der Waals surface area (Å²) in [6.45, 7) is 4.41. The topological polar surface area (TPSA) is 29.5 Å². The van der Waals surface area contributed by atoms with Crippen molar-refractivity contribution in [3.05, 3.63) is 0 Å². The van der Waals surface area contributed by atoms with Gasteiger partial charge in [0.15, 0.2) is 0 Å². The van der Waals surface area contributed by atoms with Gasteiger partial charge in [0.2, 0.25) is 0 Å². The van der Waals surface area contributed by atoms with Crippen LogP contribution < -0.4 is 0 Å². The van der Waals surface area contributed by atoms with Crippen LogP contribution in [0, 0.1) is 41.4 Å². The van der Waals surface area contributed by atoms with Crippen LogP contribution in [0.15, 0.2) is 0 Å². The lowest BCUT2D eigenvalue weighted by Crippen LogP contribution is -2.35. The van der Waals surface area contributed by atoms with E-state index < -0.39 is 0 Å². The lowest BCUT2D eigenvalue weighted by Gasteiger charge is -2.40. The molecule has 4 aliphatic carbocycles. The van der Waals surface area contributed by atoms with Crippen molar-refractivity contribution in [2.75, 3.05) is 0 Å². The zero-order valence-electron chi connectivity index (χ0n) is 12.0. The van der Waals surface area contributed by atoms with Gasteiger partial charge in [0, 0.05) is 16.8 Å². The Morgan fingerprint density at radius 3 is 2.53 bits per heavy atom. The fraction of sp³-hybridized carbons (Fsp3) is 1.00. The van der Waals surface area contributed by atoms with Crippen LogP contribution in [0.4, 0.5) is 0 Å². The van der Waals surface area contributed by atoms with Crippen molar-refractivity contribution >= 4 is 12.0 Å². The van der Waals surface area contributed by atoms with E-state index in [2.05, 4.69) is 18.2 Å². The number of rotatable bonds is 4. The molecule has 108 valence electrons. The highest BCUT2D eigenvalue weighted by Crippen LogP contribution is 2.69. The number of hydrogen-bond acceptors (Lipinski definition) is 3. The molecule has 1 N–H and O–H groups in total. The van der Waals surface area contributed by atoms with E-state index in [0.717, 1.165) is 41.4 Å². The van der Waals surface area contributed by atoms with Gasteiger partial charge in [-0.25, -0.2) is 5.26 Å². The normalized spacial score (nSPS) is 51.0. The monoisotopic (exact) mass is 282 g/mol. The predicted molar refractivity (Wildman–Crippen MR) is 77.5 cm³/mol. The lowest BCUT2D eigenvalue weighted by molar-refractivity contribution is -0.118. The Morgan fingerprint density at radius 2 is 1.79 bits per heavy atom. The summed E-state index contributed by atoms with van der Waals surface area (Å²) in [6, 6.07) is 0. The summed E-state index contributed by atoms with van der Waals surface area (Å²) in [5.74, 6) is 7.33. The summed E-state index contributed by atoms with van der Waals surface area (Å²) >= 11 is 1.24. The highest BCUT2D eigenvalue weighted by atomic mass is 32.2. The predicted octanol–water partition coefficient (Wildman–Crippen LogP) is 4.61. The Kier molecular flexibility index (Phi) is 2.99. The first-order valence-corrected chi connectivity index (χ1v) is 8.82. The van der Waals surface area contributed by atoms with E-state index in [-0.39, 0.29) is 4.75 Å². The minimum absolute atomic E-state index is 0.0526. The zero-order valence-corrected chi connectivity index (χ0v) is 12.9. The molecule has 0 aromatic heterocycles. The van der Waals surface area contributed by atoms with Gasteiger partial charge >= 0.3 is 0 Å². The molecule has 0 aromatic rings. The van der Waals surface area contributed by atoms with Crippen molar-refractivity contribution in [3.8, 4) is 0 Å². The van der Waals surface area contributed by atoms with Crippen molar-refractivity contribution in [1.82, 2.24) is 0 Å². The highest BCUT2D eigenvalue weighted by Gasteiger charge is 2.62. The van der Waals surface area contributed by atoms with Gasteiger partial charge < -0.3 is 0 Å². The Labute approximate surface area is 120 Å². The largest absolute Gasteiger partial charge is 0.239 e. The minimum atomic E-state index is 0.0526. The van der Waals surface area contributed by atoms with Crippen molar-refractivity contribution < 1.29 is 9.59 Å². The number of hydrogen-bond donors (Lipinski definition) is 1. The fourth-order valence-electron chi connectivity index (χ4n) is 6.70. The third-order valence-corrected chi connectivity index (χ3v) is 7.58. The molecule has 4 saturated carbocycles. The molecule has 4 bridgehead atoms. The second kappa shape index (κ2) is 4.38. The average molecular weight is 282 g/mol. The van der Waals surface area contributed by atoms with Crippen LogP contribution in [0.3, 0.4) is 0 Å². The molecule has 0 spiro atoms. The second-order valence-corrected chi connectivity index (χ2v) is 9.69. The summed E-state index contributed by atoms with van der Waals surface area (Å²) in [5.41, 5.74) is 0. The first-order valence-electron chi connectivity index (χ1n) is 8.08. The molecule has 4 aliphatic rings. The third-order valence-electron chi connectivity index (χ3n) is 6.89. The van der Waals surface area contributed by atoms with Crippen molar-refractivity contribution in [2.45, 2.75) is 57.1 Å². The second-order valence-electron chi connectivity index (χ2n) is 8.27. The summed E-state index contributed by atoms with van der Waals surface area (Å²) in [7, 11) is 0. The van der Waals surface area contributed by atoms with Crippen LogP contribution in [-0.2, 0) is 4.33 Å². The van der Waals surface area contributed by atoms with E-state index in [0.29, 0.717) is 0 Å². The molecule has 4 rings (SSSR count). The molecule has 0 radical (unpaired) electrons. The lowest BCUT2D eigenvalue weighted by atomic mass is 9.66. The quantitative estimate of drug-likeness (QED) is 0.353. The molecular weight excluding hydrogens is 256 g/mol. The van der Waals surface area contributed by atoms with Crippen molar-refractivity contribution in [2.24, 2.45) is 41.4 Å². The molecular formula is C16H26O2S. The maximum absolute atomic E-state index is 8.71. The summed E-state index contributed by atoms with van der Waals surface area (Å²) in [4.78, 5) is 0. The van der Waals surface area contributed by atoms with Gasteiger partial charge in [0.05, 0.1) is 0 Å². The van der Waals surface area contributed by atoms with Gasteiger partial charge in [-0.05, 0) is 93.8 Å². The van der Waals surface area contributed by atoms with Crippen LogP contribution in [0.25, 0.3) is 0 Å². The van der Waals surface area contributed by atoms with Crippen LogP contribution in [0.5, 0.6) is 0 Å². The smallest absolute Gasteiger partial charge is 0.0400 e. The van der Waals surface area contributed by atoms with E-state index in [9.17, 15) is 0 Å². The van der Waals surface area contributed by atoms with Crippen LogP contribution >= 0.6 is 12.0 Å². The van der Waals surface area contributed by atoms with Crippen LogP contribution in [0.1, 0.15) is 52.4 Å². The molecule has 0 saturated heterocycles. The van der Waals surface area contributed by atoms with Gasteiger partial charge in [0.1, 0.15) is 0 Å². The standard InChI is InChI=1S/C16H26O2S/c1-16(2,19-18-17)8-12-6-11-7-13(12)15-10-4-3-9(5-10)14(11)15/h9-15,17H,3-8H2,1-2H3. The van der Waals surface area contributed by atoms with E-state index >= 15 is 0 Å². The molecule has 3 heteroatoms. The van der Waals surface area contributed by atoms with Gasteiger partial charge in [0.25, 0.3) is 0 Å². The Balaban J connectivity index is 1.48. The molecule has 0 aliphatic heterocycles. The first-order chi connectivity index (χ1) is 9.09. The van der Waals surface area contributed by atoms with Crippen molar-refractivity contribution in [3.63, 3.8) is 0 Å². The molecule has 4 fully saturated rings. The molecule has 7 unspecified atom stereocenters. The molecule has 0 aromatic carbocycles. The molecule has 0 amide bonds. The maximum Gasteiger partial charge on any atom is 0.0400 e. The van der Waals surface area contributed by atoms with E-state index in [1.165, 1.54) is 37.7 Å². The van der Waals surface area contributed by atoms with E-state index in [1.54, 1.807) is 12.8 Å². The highest BCUT2D eigenvalue weighted by molar-refractivity contribution is 7.95. The molecule has 0 heterocycles. The minimum Gasteiger partial charge on any atom is -0.239 e.